The highest BCUT2D eigenvalue weighted by atomic mass is 35.5. The maximum Gasteiger partial charge on any atom is 0.421 e. The Morgan fingerprint density at radius 3 is 2.43 bits per heavy atom. The van der Waals surface area contributed by atoms with Crippen LogP contribution in [-0.2, 0) is 6.54 Å². The normalized spacial score (nSPS) is 13.8. The van der Waals surface area contributed by atoms with Crippen LogP contribution in [0, 0.1) is 27.7 Å². The number of nitrogens with zero attached hydrogens (tertiary/aromatic N) is 6. The molecule has 5 rings (SSSR count). The van der Waals surface area contributed by atoms with Gasteiger partial charge < -0.3 is 24.6 Å². The van der Waals surface area contributed by atoms with Gasteiger partial charge in [0.25, 0.3) is 0 Å². The van der Waals surface area contributed by atoms with Crippen molar-refractivity contribution in [1.29, 1.82) is 0 Å². The summed E-state index contributed by atoms with van der Waals surface area (Å²) in [7, 11) is 2.16. The van der Waals surface area contributed by atoms with Gasteiger partial charge >= 0.3 is 6.09 Å². The molecule has 2 aromatic heterocycles. The summed E-state index contributed by atoms with van der Waals surface area (Å²) in [5.41, 5.74) is 5.41. The Balaban J connectivity index is 1.27. The molecule has 0 saturated carbocycles. The minimum absolute atomic E-state index is 0.202. The number of hydrogen-bond acceptors (Lipinski definition) is 9. The number of hydrogen-bond donors (Lipinski definition) is 1. The molecule has 0 spiro atoms. The lowest BCUT2D eigenvalue weighted by Gasteiger charge is -2.32. The minimum Gasteiger partial charge on any atom is -0.478 e. The van der Waals surface area contributed by atoms with E-state index in [1.807, 2.05) is 70.2 Å². The Morgan fingerprint density at radius 1 is 0.957 bits per heavy atom. The van der Waals surface area contributed by atoms with Crippen molar-refractivity contribution in [3.05, 3.63) is 93.8 Å². The lowest BCUT2D eigenvalue weighted by molar-refractivity contribution is 0.145. The van der Waals surface area contributed by atoms with Gasteiger partial charge in [-0.05, 0) is 87.7 Å². The van der Waals surface area contributed by atoms with Gasteiger partial charge in [-0.2, -0.15) is 4.98 Å². The predicted molar refractivity (Wildman–Crippen MR) is 183 cm³/mol. The lowest BCUT2D eigenvalue weighted by Crippen LogP contribution is -2.44. The van der Waals surface area contributed by atoms with Crippen molar-refractivity contribution < 1.29 is 14.3 Å². The first-order chi connectivity index (χ1) is 22.1. The third kappa shape index (κ3) is 8.93. The predicted octanol–water partition coefficient (Wildman–Crippen LogP) is 6.72. The molecule has 11 heteroatoms. The fourth-order valence-electron chi connectivity index (χ4n) is 5.45. The lowest BCUT2D eigenvalue weighted by atomic mass is 10.1. The third-order valence-electron chi connectivity index (χ3n) is 8.03. The van der Waals surface area contributed by atoms with Crippen LogP contribution < -0.4 is 19.7 Å². The number of nitrogens with one attached hydrogen (secondary N) is 1. The van der Waals surface area contributed by atoms with Gasteiger partial charge in [-0.15, -0.1) is 0 Å². The van der Waals surface area contributed by atoms with E-state index in [9.17, 15) is 4.79 Å². The maximum absolute atomic E-state index is 13.8. The van der Waals surface area contributed by atoms with Crippen LogP contribution in [0.15, 0.2) is 60.9 Å². The number of pyridine rings is 1. The van der Waals surface area contributed by atoms with E-state index in [0.717, 1.165) is 67.0 Å². The molecule has 10 nitrogen and oxygen atoms in total. The SMILES string of the molecule is Cc1cc(C)c(OC(=O)N(Cc2cc(Cl)ccc2C)c2ccnc(Nc3ccc(OCCCN4CCN(C)CC4)nc3)n2)c(C)c1. The van der Waals surface area contributed by atoms with Crippen molar-refractivity contribution in [2.45, 2.75) is 40.7 Å². The van der Waals surface area contributed by atoms with E-state index in [0.29, 0.717) is 40.7 Å². The molecule has 1 aliphatic heterocycles. The number of anilines is 3. The molecule has 1 fully saturated rings. The van der Waals surface area contributed by atoms with E-state index in [1.165, 1.54) is 4.90 Å². The Kier molecular flexibility index (Phi) is 11.1. The van der Waals surface area contributed by atoms with Crippen molar-refractivity contribution in [3.8, 4) is 11.6 Å². The largest absolute Gasteiger partial charge is 0.478 e. The number of likely N-dealkylation sites (N-methyl/N-ethyl adjacent to an activating group) is 1. The average Bonchev–Trinajstić information content (AvgIpc) is 3.03. The minimum atomic E-state index is -0.560. The van der Waals surface area contributed by atoms with Crippen LogP contribution in [0.1, 0.15) is 34.2 Å². The van der Waals surface area contributed by atoms with Crippen molar-refractivity contribution in [2.24, 2.45) is 0 Å². The number of halogens is 1. The van der Waals surface area contributed by atoms with E-state index < -0.39 is 6.09 Å². The Hall–Kier alpha value is -4.25. The van der Waals surface area contributed by atoms with E-state index in [4.69, 9.17) is 21.1 Å². The van der Waals surface area contributed by atoms with Crippen LogP contribution in [0.4, 0.5) is 22.2 Å². The van der Waals surface area contributed by atoms with Crippen molar-refractivity contribution in [1.82, 2.24) is 24.8 Å². The smallest absolute Gasteiger partial charge is 0.421 e. The second-order valence-electron chi connectivity index (χ2n) is 11.8. The number of aryl methyl sites for hydroxylation is 4. The van der Waals surface area contributed by atoms with Crippen LogP contribution in [0.2, 0.25) is 5.02 Å². The number of benzene rings is 2. The summed E-state index contributed by atoms with van der Waals surface area (Å²) in [5.74, 6) is 1.77. The molecule has 242 valence electrons. The molecule has 1 N–H and O–H groups in total. The van der Waals surface area contributed by atoms with Gasteiger partial charge in [-0.25, -0.2) is 14.8 Å². The topological polar surface area (TPSA) is 95.9 Å². The number of ether oxygens (including phenoxy) is 2. The second kappa shape index (κ2) is 15.4. The molecule has 4 aromatic rings. The first-order valence-corrected chi connectivity index (χ1v) is 15.9. The van der Waals surface area contributed by atoms with Crippen molar-refractivity contribution in [3.63, 3.8) is 0 Å². The highest BCUT2D eigenvalue weighted by Gasteiger charge is 2.23. The molecular formula is C35H42ClN7O3. The molecule has 0 aliphatic carbocycles. The van der Waals surface area contributed by atoms with Gasteiger partial charge in [-0.3, -0.25) is 4.90 Å². The average molecular weight is 644 g/mol. The molecule has 46 heavy (non-hydrogen) atoms. The number of carbonyl (C=O) groups is 1. The van der Waals surface area contributed by atoms with Gasteiger partial charge in [0, 0.05) is 50.0 Å². The molecule has 0 atom stereocenters. The Bertz CT molecular complexity index is 1620. The van der Waals surface area contributed by atoms with Gasteiger partial charge in [0.15, 0.2) is 0 Å². The van der Waals surface area contributed by atoms with Crippen molar-refractivity contribution in [2.75, 3.05) is 56.6 Å². The molecule has 1 aliphatic rings. The fraction of sp³-hybridized carbons (Fsp3) is 0.371. The molecule has 3 heterocycles. The van der Waals surface area contributed by atoms with E-state index in [2.05, 4.69) is 37.1 Å². The summed E-state index contributed by atoms with van der Waals surface area (Å²) in [6, 6.07) is 15.0. The van der Waals surface area contributed by atoms with Crippen LogP contribution >= 0.6 is 11.6 Å². The standard InChI is InChI=1S/C35H42ClN7O3/c1-24-19-26(3)33(27(4)20-24)46-35(44)43(23-28-21-29(36)8-7-25(28)2)31-11-12-37-34(40-31)39-30-9-10-32(38-22-30)45-18-6-13-42-16-14-41(5)15-17-42/h7-12,19-22H,6,13-18,23H2,1-5H3,(H,37,39,40). The third-order valence-corrected chi connectivity index (χ3v) is 8.26. The molecule has 0 radical (unpaired) electrons. The molecule has 0 unspecified atom stereocenters. The van der Waals surface area contributed by atoms with Crippen LogP contribution in [0.25, 0.3) is 0 Å². The molecule has 1 amide bonds. The monoisotopic (exact) mass is 643 g/mol. The van der Waals surface area contributed by atoms with Gasteiger partial charge in [0.1, 0.15) is 11.6 Å². The number of amides is 1. The number of carbonyl (C=O) groups excluding carboxylic acids is 1. The number of piperazine rings is 1. The molecule has 0 bridgehead atoms. The molecular weight excluding hydrogens is 602 g/mol. The number of aromatic nitrogens is 3. The zero-order valence-corrected chi connectivity index (χ0v) is 28.0. The molecule has 1 saturated heterocycles. The first-order valence-electron chi connectivity index (χ1n) is 15.6. The summed E-state index contributed by atoms with van der Waals surface area (Å²) in [6.07, 6.45) is 3.66. The fourth-order valence-corrected chi connectivity index (χ4v) is 5.65. The Labute approximate surface area is 276 Å². The van der Waals surface area contributed by atoms with Gasteiger partial charge in [0.05, 0.1) is 25.0 Å². The van der Waals surface area contributed by atoms with Gasteiger partial charge in [-0.1, -0.05) is 35.4 Å². The summed E-state index contributed by atoms with van der Waals surface area (Å²) in [4.78, 5) is 33.6. The summed E-state index contributed by atoms with van der Waals surface area (Å²) in [5, 5.41) is 3.77. The highest BCUT2D eigenvalue weighted by molar-refractivity contribution is 6.30. The molecule has 2 aromatic carbocycles. The summed E-state index contributed by atoms with van der Waals surface area (Å²) < 4.78 is 11.9. The van der Waals surface area contributed by atoms with Crippen LogP contribution in [0.5, 0.6) is 11.6 Å². The second-order valence-corrected chi connectivity index (χ2v) is 12.3. The Morgan fingerprint density at radius 2 is 1.72 bits per heavy atom. The van der Waals surface area contributed by atoms with E-state index in [1.54, 1.807) is 18.5 Å². The van der Waals surface area contributed by atoms with Crippen molar-refractivity contribution >= 4 is 35.1 Å². The highest BCUT2D eigenvalue weighted by Crippen LogP contribution is 2.28. The first kappa shape index (κ1) is 33.1. The maximum atomic E-state index is 13.8. The van der Waals surface area contributed by atoms with E-state index in [-0.39, 0.29) is 6.54 Å². The van der Waals surface area contributed by atoms with E-state index >= 15 is 0 Å². The summed E-state index contributed by atoms with van der Waals surface area (Å²) in [6.45, 7) is 14.1. The summed E-state index contributed by atoms with van der Waals surface area (Å²) >= 11 is 6.32. The van der Waals surface area contributed by atoms with Gasteiger partial charge in [0.2, 0.25) is 11.8 Å². The zero-order valence-electron chi connectivity index (χ0n) is 27.2. The van der Waals surface area contributed by atoms with Crippen LogP contribution in [0.3, 0.4) is 0 Å². The van der Waals surface area contributed by atoms with Crippen LogP contribution in [-0.4, -0.2) is 77.2 Å². The number of rotatable bonds is 11. The zero-order chi connectivity index (χ0) is 32.6. The quantitative estimate of drug-likeness (QED) is 0.179.